The molecule has 0 radical (unpaired) electrons. The van der Waals surface area contributed by atoms with Gasteiger partial charge in [-0.1, -0.05) is 12.1 Å². The highest BCUT2D eigenvalue weighted by molar-refractivity contribution is 5.70. The maximum Gasteiger partial charge on any atom is 0.231 e. The highest BCUT2D eigenvalue weighted by Crippen LogP contribution is 2.36. The van der Waals surface area contributed by atoms with E-state index in [0.29, 0.717) is 0 Å². The maximum atomic E-state index is 5.41. The van der Waals surface area contributed by atoms with Crippen LogP contribution in [0.1, 0.15) is 0 Å². The molecule has 5 nitrogen and oxygen atoms in total. The summed E-state index contributed by atoms with van der Waals surface area (Å²) in [5, 5.41) is 7.44. The van der Waals surface area contributed by atoms with Crippen LogP contribution in [0.5, 0.6) is 17.2 Å². The van der Waals surface area contributed by atoms with Crippen LogP contribution in [0, 0.1) is 0 Å². The SMILES string of the molecule is COc1cccc(-c2cc(-c3ccc4c(c3)OCO4)n[nH]2)c1. The fourth-order valence-electron chi connectivity index (χ4n) is 2.46. The maximum absolute atomic E-state index is 5.41. The van der Waals surface area contributed by atoms with E-state index >= 15 is 0 Å². The average Bonchev–Trinajstić information content (AvgIpc) is 3.23. The summed E-state index contributed by atoms with van der Waals surface area (Å²) in [4.78, 5) is 0. The molecule has 1 N–H and O–H groups in total. The zero-order chi connectivity index (χ0) is 14.9. The first-order valence-corrected chi connectivity index (χ1v) is 6.93. The Morgan fingerprint density at radius 3 is 2.82 bits per heavy atom. The van der Waals surface area contributed by atoms with Crippen molar-refractivity contribution in [2.45, 2.75) is 0 Å². The van der Waals surface area contributed by atoms with Crippen LogP contribution >= 0.6 is 0 Å². The Balaban J connectivity index is 1.69. The molecule has 22 heavy (non-hydrogen) atoms. The number of fused-ring (bicyclic) bond motifs is 1. The quantitative estimate of drug-likeness (QED) is 0.803. The number of rotatable bonds is 3. The highest BCUT2D eigenvalue weighted by atomic mass is 16.7. The molecule has 3 aromatic rings. The van der Waals surface area contributed by atoms with Crippen LogP contribution in [0.3, 0.4) is 0 Å². The summed E-state index contributed by atoms with van der Waals surface area (Å²) >= 11 is 0. The van der Waals surface area contributed by atoms with Gasteiger partial charge in [-0.15, -0.1) is 0 Å². The zero-order valence-corrected chi connectivity index (χ0v) is 12.0. The summed E-state index contributed by atoms with van der Waals surface area (Å²) in [6.07, 6.45) is 0. The molecule has 5 heteroatoms. The molecule has 0 saturated carbocycles. The van der Waals surface area contributed by atoms with Gasteiger partial charge in [0.1, 0.15) is 5.75 Å². The van der Waals surface area contributed by atoms with Crippen molar-refractivity contribution in [3.63, 3.8) is 0 Å². The van der Waals surface area contributed by atoms with Crippen LogP contribution < -0.4 is 14.2 Å². The number of aromatic nitrogens is 2. The number of nitrogens with one attached hydrogen (secondary N) is 1. The number of H-pyrrole nitrogens is 1. The summed E-state index contributed by atoms with van der Waals surface area (Å²) < 4.78 is 16.0. The molecule has 1 aliphatic heterocycles. The summed E-state index contributed by atoms with van der Waals surface area (Å²) in [5.41, 5.74) is 3.80. The van der Waals surface area contributed by atoms with Crippen molar-refractivity contribution in [2.24, 2.45) is 0 Å². The van der Waals surface area contributed by atoms with Gasteiger partial charge in [0.15, 0.2) is 11.5 Å². The van der Waals surface area contributed by atoms with E-state index < -0.39 is 0 Å². The lowest BCUT2D eigenvalue weighted by Gasteiger charge is -2.01. The van der Waals surface area contributed by atoms with Gasteiger partial charge in [0.25, 0.3) is 0 Å². The first-order valence-electron chi connectivity index (χ1n) is 6.93. The number of nitrogens with zero attached hydrogens (tertiary/aromatic N) is 1. The second kappa shape index (κ2) is 5.11. The molecule has 0 aliphatic carbocycles. The minimum Gasteiger partial charge on any atom is -0.497 e. The molecule has 0 spiro atoms. The predicted octanol–water partition coefficient (Wildman–Crippen LogP) is 3.48. The van der Waals surface area contributed by atoms with Gasteiger partial charge in [-0.3, -0.25) is 5.10 Å². The monoisotopic (exact) mass is 294 g/mol. The Morgan fingerprint density at radius 1 is 1.00 bits per heavy atom. The van der Waals surface area contributed by atoms with Gasteiger partial charge in [0.2, 0.25) is 6.79 Å². The van der Waals surface area contributed by atoms with Crippen LogP contribution in [0.4, 0.5) is 0 Å². The third-order valence-corrected chi connectivity index (χ3v) is 3.63. The van der Waals surface area contributed by atoms with Gasteiger partial charge in [-0.25, -0.2) is 0 Å². The van der Waals surface area contributed by atoms with Crippen molar-refractivity contribution in [1.82, 2.24) is 10.2 Å². The number of ether oxygens (including phenoxy) is 3. The first kappa shape index (κ1) is 12.8. The van der Waals surface area contributed by atoms with Gasteiger partial charge in [0.05, 0.1) is 18.5 Å². The molecule has 110 valence electrons. The third kappa shape index (κ3) is 2.16. The standard InChI is InChI=1S/C17H14N2O3/c1-20-13-4-2-3-11(7-13)14-9-15(19-18-14)12-5-6-16-17(8-12)22-10-21-16/h2-9H,10H2,1H3,(H,18,19). The molecule has 4 rings (SSSR count). The molecule has 2 aromatic carbocycles. The highest BCUT2D eigenvalue weighted by Gasteiger charge is 2.15. The zero-order valence-electron chi connectivity index (χ0n) is 12.0. The summed E-state index contributed by atoms with van der Waals surface area (Å²) in [5.74, 6) is 2.34. The van der Waals surface area contributed by atoms with E-state index in [-0.39, 0.29) is 6.79 Å². The number of benzene rings is 2. The largest absolute Gasteiger partial charge is 0.497 e. The summed E-state index contributed by atoms with van der Waals surface area (Å²) in [7, 11) is 1.66. The van der Waals surface area contributed by atoms with Gasteiger partial charge in [0, 0.05) is 11.1 Å². The minimum atomic E-state index is 0.272. The normalized spacial score (nSPS) is 12.4. The molecule has 0 atom stereocenters. The van der Waals surface area contributed by atoms with Crippen LogP contribution in [0.25, 0.3) is 22.5 Å². The van der Waals surface area contributed by atoms with E-state index in [1.54, 1.807) is 7.11 Å². The van der Waals surface area contributed by atoms with Crippen molar-refractivity contribution in [3.05, 3.63) is 48.5 Å². The summed E-state index contributed by atoms with van der Waals surface area (Å²) in [6.45, 7) is 0.272. The van der Waals surface area contributed by atoms with E-state index in [1.165, 1.54) is 0 Å². The Bertz CT molecular complexity index is 826. The average molecular weight is 294 g/mol. The van der Waals surface area contributed by atoms with Crippen LogP contribution in [-0.2, 0) is 0 Å². The molecular weight excluding hydrogens is 280 g/mol. The van der Waals surface area contributed by atoms with E-state index in [1.807, 2.05) is 48.5 Å². The Labute approximate surface area is 127 Å². The molecule has 0 saturated heterocycles. The Kier molecular flexibility index (Phi) is 2.96. The summed E-state index contributed by atoms with van der Waals surface area (Å²) in [6, 6.07) is 15.7. The molecule has 0 unspecified atom stereocenters. The molecular formula is C17H14N2O3. The number of aromatic amines is 1. The van der Waals surface area contributed by atoms with Gasteiger partial charge < -0.3 is 14.2 Å². The van der Waals surface area contributed by atoms with Crippen molar-refractivity contribution in [3.8, 4) is 39.8 Å². The second-order valence-corrected chi connectivity index (χ2v) is 4.97. The van der Waals surface area contributed by atoms with Gasteiger partial charge >= 0.3 is 0 Å². The van der Waals surface area contributed by atoms with Crippen molar-refractivity contribution < 1.29 is 14.2 Å². The topological polar surface area (TPSA) is 56.4 Å². The molecule has 2 heterocycles. The van der Waals surface area contributed by atoms with Gasteiger partial charge in [-0.05, 0) is 36.4 Å². The number of hydrogen-bond donors (Lipinski definition) is 1. The lowest BCUT2D eigenvalue weighted by atomic mass is 10.1. The fourth-order valence-corrected chi connectivity index (χ4v) is 2.46. The van der Waals surface area contributed by atoms with Crippen molar-refractivity contribution in [1.29, 1.82) is 0 Å². The van der Waals surface area contributed by atoms with Gasteiger partial charge in [-0.2, -0.15) is 5.10 Å². The molecule has 0 amide bonds. The lowest BCUT2D eigenvalue weighted by molar-refractivity contribution is 0.174. The van der Waals surface area contributed by atoms with E-state index in [2.05, 4.69) is 10.2 Å². The molecule has 0 bridgehead atoms. The van der Waals surface area contributed by atoms with E-state index in [0.717, 1.165) is 39.8 Å². The van der Waals surface area contributed by atoms with Crippen LogP contribution in [0.2, 0.25) is 0 Å². The predicted molar refractivity (Wildman–Crippen MR) is 82.1 cm³/mol. The van der Waals surface area contributed by atoms with Crippen LogP contribution in [-0.4, -0.2) is 24.1 Å². The molecule has 0 fully saturated rings. The third-order valence-electron chi connectivity index (χ3n) is 3.63. The molecule has 1 aromatic heterocycles. The Hall–Kier alpha value is -2.95. The number of hydrogen-bond acceptors (Lipinski definition) is 4. The lowest BCUT2D eigenvalue weighted by Crippen LogP contribution is -1.92. The van der Waals surface area contributed by atoms with Crippen LogP contribution in [0.15, 0.2) is 48.5 Å². The second-order valence-electron chi connectivity index (χ2n) is 4.97. The Morgan fingerprint density at radius 2 is 1.91 bits per heavy atom. The van der Waals surface area contributed by atoms with Crippen molar-refractivity contribution >= 4 is 0 Å². The first-order chi connectivity index (χ1) is 10.8. The minimum absolute atomic E-state index is 0.272. The number of methoxy groups -OCH3 is 1. The molecule has 1 aliphatic rings. The van der Waals surface area contributed by atoms with Crippen molar-refractivity contribution in [2.75, 3.05) is 13.9 Å². The fraction of sp³-hybridized carbons (Fsp3) is 0.118. The van der Waals surface area contributed by atoms with E-state index in [9.17, 15) is 0 Å². The van der Waals surface area contributed by atoms with E-state index in [4.69, 9.17) is 14.2 Å². The smallest absolute Gasteiger partial charge is 0.231 e.